The van der Waals surface area contributed by atoms with Gasteiger partial charge in [-0.2, -0.15) is 0 Å². The topological polar surface area (TPSA) is 75.5 Å². The van der Waals surface area contributed by atoms with Crippen molar-refractivity contribution >= 4 is 40.5 Å². The van der Waals surface area contributed by atoms with Crippen LogP contribution in [0.1, 0.15) is 5.56 Å². The summed E-state index contributed by atoms with van der Waals surface area (Å²) in [4.78, 5) is 24.1. The van der Waals surface area contributed by atoms with E-state index in [0.717, 1.165) is 5.56 Å². The Balaban J connectivity index is 1.94. The molecule has 0 atom stereocenters. The maximum atomic E-state index is 12.1. The second-order valence-corrected chi connectivity index (χ2v) is 6.11. The third kappa shape index (κ3) is 5.19. The van der Waals surface area contributed by atoms with Gasteiger partial charge in [-0.05, 0) is 36.9 Å². The second-order valence-electron chi connectivity index (χ2n) is 5.27. The summed E-state index contributed by atoms with van der Waals surface area (Å²) in [5.41, 5.74) is 1.11. The summed E-state index contributed by atoms with van der Waals surface area (Å²) in [5.74, 6) is -0.275. The number of nitro benzene ring substituents is 1. The van der Waals surface area contributed by atoms with Crippen LogP contribution in [0.25, 0.3) is 0 Å². The molecule has 0 bridgehead atoms. The van der Waals surface area contributed by atoms with E-state index in [0.29, 0.717) is 17.3 Å². The number of carbonyl (C=O) groups excluding carboxylic acids is 1. The van der Waals surface area contributed by atoms with Crippen molar-refractivity contribution in [3.8, 4) is 0 Å². The van der Waals surface area contributed by atoms with Crippen LogP contribution >= 0.6 is 23.2 Å². The molecule has 0 unspecified atom stereocenters. The Hall–Kier alpha value is -2.15. The van der Waals surface area contributed by atoms with Gasteiger partial charge in [0.05, 0.1) is 11.5 Å². The molecular formula is C16H15Cl2N3O3. The van der Waals surface area contributed by atoms with Crippen LogP contribution in [-0.4, -0.2) is 29.3 Å². The summed E-state index contributed by atoms with van der Waals surface area (Å²) < 4.78 is 0. The lowest BCUT2D eigenvalue weighted by molar-refractivity contribution is -0.384. The highest BCUT2D eigenvalue weighted by atomic mass is 35.5. The summed E-state index contributed by atoms with van der Waals surface area (Å²) in [6.45, 7) is 0.713. The van der Waals surface area contributed by atoms with E-state index in [4.69, 9.17) is 23.2 Å². The van der Waals surface area contributed by atoms with Crippen LogP contribution in [0.15, 0.2) is 42.5 Å². The Morgan fingerprint density at radius 1 is 1.21 bits per heavy atom. The van der Waals surface area contributed by atoms with Crippen molar-refractivity contribution < 1.29 is 9.72 Å². The van der Waals surface area contributed by atoms with Crippen molar-refractivity contribution in [1.29, 1.82) is 0 Å². The highest BCUT2D eigenvalue weighted by Crippen LogP contribution is 2.27. The van der Waals surface area contributed by atoms with Crippen LogP contribution in [0.2, 0.25) is 10.0 Å². The Bertz CT molecular complexity index is 751. The summed E-state index contributed by atoms with van der Waals surface area (Å²) in [6, 6.07) is 11.5. The number of nitro groups is 1. The minimum atomic E-state index is -0.593. The molecular weight excluding hydrogens is 353 g/mol. The molecule has 0 saturated heterocycles. The fraction of sp³-hybridized carbons (Fsp3) is 0.188. The minimum Gasteiger partial charge on any atom is -0.325 e. The number of benzene rings is 2. The van der Waals surface area contributed by atoms with E-state index >= 15 is 0 Å². The van der Waals surface area contributed by atoms with Crippen LogP contribution in [0.5, 0.6) is 0 Å². The number of nitrogens with one attached hydrogen (secondary N) is 1. The quantitative estimate of drug-likeness (QED) is 0.618. The number of hydrogen-bond acceptors (Lipinski definition) is 4. The Morgan fingerprint density at radius 3 is 2.50 bits per heavy atom. The van der Waals surface area contributed by atoms with Crippen molar-refractivity contribution in [2.45, 2.75) is 6.54 Å². The predicted molar refractivity (Wildman–Crippen MR) is 94.5 cm³/mol. The molecule has 2 aromatic rings. The summed E-state index contributed by atoms with van der Waals surface area (Å²) >= 11 is 11.6. The first-order valence-electron chi connectivity index (χ1n) is 7.02. The van der Waals surface area contributed by atoms with E-state index in [-0.39, 0.29) is 23.2 Å². The Labute approximate surface area is 149 Å². The molecule has 126 valence electrons. The second kappa shape index (κ2) is 8.10. The molecule has 0 heterocycles. The van der Waals surface area contributed by atoms with Gasteiger partial charge in [0.15, 0.2) is 0 Å². The highest BCUT2D eigenvalue weighted by molar-refractivity contribution is 6.32. The fourth-order valence-electron chi connectivity index (χ4n) is 2.13. The minimum absolute atomic E-state index is 0.0258. The van der Waals surface area contributed by atoms with Crippen LogP contribution in [0, 0.1) is 10.1 Å². The summed E-state index contributed by atoms with van der Waals surface area (Å²) in [5, 5.41) is 14.2. The van der Waals surface area contributed by atoms with Gasteiger partial charge in [-0.25, -0.2) is 0 Å². The maximum absolute atomic E-state index is 12.1. The molecule has 0 radical (unpaired) electrons. The molecule has 2 aromatic carbocycles. The molecule has 0 aliphatic carbocycles. The van der Waals surface area contributed by atoms with Gasteiger partial charge in [0, 0.05) is 23.3 Å². The zero-order chi connectivity index (χ0) is 17.7. The molecule has 0 spiro atoms. The smallest absolute Gasteiger partial charge is 0.289 e. The monoisotopic (exact) mass is 367 g/mol. The highest BCUT2D eigenvalue weighted by Gasteiger charge is 2.14. The van der Waals surface area contributed by atoms with Gasteiger partial charge < -0.3 is 5.32 Å². The molecule has 8 heteroatoms. The van der Waals surface area contributed by atoms with E-state index in [1.54, 1.807) is 19.2 Å². The van der Waals surface area contributed by atoms with E-state index in [9.17, 15) is 14.9 Å². The lowest BCUT2D eigenvalue weighted by Crippen LogP contribution is -2.29. The standard InChI is InChI=1S/C16H15Cl2N3O3/c1-20(9-11-2-4-12(17)5-3-11)10-16(22)19-13-6-7-14(18)15(8-13)21(23)24/h2-8H,9-10H2,1H3,(H,19,22). The molecule has 0 saturated carbocycles. The third-order valence-electron chi connectivity index (χ3n) is 3.21. The molecule has 0 aromatic heterocycles. The number of anilines is 1. The molecule has 0 fully saturated rings. The van der Waals surface area contributed by atoms with Crippen molar-refractivity contribution in [2.75, 3.05) is 18.9 Å². The Kier molecular flexibility index (Phi) is 6.14. The third-order valence-corrected chi connectivity index (χ3v) is 3.78. The van der Waals surface area contributed by atoms with Gasteiger partial charge in [0.1, 0.15) is 5.02 Å². The first-order chi connectivity index (χ1) is 11.3. The average Bonchev–Trinajstić information content (AvgIpc) is 2.51. The fourth-order valence-corrected chi connectivity index (χ4v) is 2.45. The van der Waals surface area contributed by atoms with Crippen molar-refractivity contribution in [2.24, 2.45) is 0 Å². The molecule has 2 rings (SSSR count). The molecule has 1 amide bonds. The van der Waals surface area contributed by atoms with Crippen LogP contribution in [0.3, 0.4) is 0 Å². The van der Waals surface area contributed by atoms with E-state index in [1.807, 2.05) is 17.0 Å². The summed E-state index contributed by atoms with van der Waals surface area (Å²) in [7, 11) is 1.80. The van der Waals surface area contributed by atoms with Gasteiger partial charge in [0.2, 0.25) is 5.91 Å². The van der Waals surface area contributed by atoms with Crippen molar-refractivity contribution in [1.82, 2.24) is 4.90 Å². The zero-order valence-corrected chi connectivity index (χ0v) is 14.3. The molecule has 1 N–H and O–H groups in total. The average molecular weight is 368 g/mol. The predicted octanol–water partition coefficient (Wildman–Crippen LogP) is 3.97. The first kappa shape index (κ1) is 18.2. The van der Waals surface area contributed by atoms with Gasteiger partial charge in [-0.3, -0.25) is 19.8 Å². The molecule has 0 aliphatic heterocycles. The zero-order valence-electron chi connectivity index (χ0n) is 12.8. The van der Waals surface area contributed by atoms with Gasteiger partial charge in [-0.1, -0.05) is 35.3 Å². The van der Waals surface area contributed by atoms with Crippen LogP contribution in [0.4, 0.5) is 11.4 Å². The summed E-state index contributed by atoms with van der Waals surface area (Å²) in [6.07, 6.45) is 0. The van der Waals surface area contributed by atoms with Crippen molar-refractivity contribution in [3.05, 3.63) is 68.2 Å². The normalized spacial score (nSPS) is 10.7. The number of hydrogen-bond donors (Lipinski definition) is 1. The van der Waals surface area contributed by atoms with E-state index in [2.05, 4.69) is 5.32 Å². The van der Waals surface area contributed by atoms with Crippen LogP contribution < -0.4 is 5.32 Å². The van der Waals surface area contributed by atoms with Gasteiger partial charge in [0.25, 0.3) is 5.69 Å². The lowest BCUT2D eigenvalue weighted by atomic mass is 10.2. The van der Waals surface area contributed by atoms with Gasteiger partial charge >= 0.3 is 0 Å². The maximum Gasteiger partial charge on any atom is 0.289 e. The number of nitrogens with zero attached hydrogens (tertiary/aromatic N) is 2. The number of likely N-dealkylation sites (N-methyl/N-ethyl adjacent to an activating group) is 1. The van der Waals surface area contributed by atoms with Crippen molar-refractivity contribution in [3.63, 3.8) is 0 Å². The number of amides is 1. The Morgan fingerprint density at radius 2 is 1.88 bits per heavy atom. The van der Waals surface area contributed by atoms with E-state index in [1.165, 1.54) is 18.2 Å². The van der Waals surface area contributed by atoms with E-state index < -0.39 is 4.92 Å². The van der Waals surface area contributed by atoms with Crippen LogP contribution in [-0.2, 0) is 11.3 Å². The molecule has 24 heavy (non-hydrogen) atoms. The first-order valence-corrected chi connectivity index (χ1v) is 7.77. The molecule has 6 nitrogen and oxygen atoms in total. The number of carbonyl (C=O) groups is 1. The number of halogens is 2. The largest absolute Gasteiger partial charge is 0.325 e. The lowest BCUT2D eigenvalue weighted by Gasteiger charge is -2.16. The SMILES string of the molecule is CN(CC(=O)Nc1ccc(Cl)c([N+](=O)[O-])c1)Cc1ccc(Cl)cc1. The van der Waals surface area contributed by atoms with Gasteiger partial charge in [-0.15, -0.1) is 0 Å². The number of rotatable bonds is 6. The molecule has 0 aliphatic rings.